The fourth-order valence-corrected chi connectivity index (χ4v) is 2.54. The van der Waals surface area contributed by atoms with Gasteiger partial charge in [0, 0.05) is 12.7 Å². The van der Waals surface area contributed by atoms with Crippen LogP contribution in [-0.2, 0) is 11.3 Å². The van der Waals surface area contributed by atoms with E-state index in [4.69, 9.17) is 10.5 Å². The molecule has 0 bridgehead atoms. The van der Waals surface area contributed by atoms with Gasteiger partial charge in [-0.15, -0.1) is 0 Å². The first-order valence-electron chi connectivity index (χ1n) is 6.91. The fourth-order valence-electron chi connectivity index (χ4n) is 2.54. The largest absolute Gasteiger partial charge is 0.461 e. The number of hydrogen-bond acceptors (Lipinski definition) is 5. The van der Waals surface area contributed by atoms with Crippen molar-refractivity contribution in [1.29, 1.82) is 0 Å². The molecule has 1 aliphatic heterocycles. The van der Waals surface area contributed by atoms with Crippen molar-refractivity contribution in [1.82, 2.24) is 14.5 Å². The highest BCUT2D eigenvalue weighted by atomic mass is 16.5. The third kappa shape index (κ3) is 2.11. The van der Waals surface area contributed by atoms with Gasteiger partial charge in [-0.2, -0.15) is 0 Å². The summed E-state index contributed by atoms with van der Waals surface area (Å²) in [5.74, 6) is -0.642. The predicted molar refractivity (Wildman–Crippen MR) is 79.7 cm³/mol. The molecule has 1 aliphatic rings. The summed E-state index contributed by atoms with van der Waals surface area (Å²) in [7, 11) is 1.67. The Balaban J connectivity index is 2.20. The zero-order valence-electron chi connectivity index (χ0n) is 12.4. The zero-order valence-corrected chi connectivity index (χ0v) is 12.4. The molecule has 2 heterocycles. The van der Waals surface area contributed by atoms with E-state index in [-0.39, 0.29) is 24.8 Å². The summed E-state index contributed by atoms with van der Waals surface area (Å²) < 4.78 is 6.76. The van der Waals surface area contributed by atoms with Gasteiger partial charge in [0.15, 0.2) is 5.69 Å². The quantitative estimate of drug-likeness (QED) is 0.665. The Bertz CT molecular complexity index is 766. The Morgan fingerprint density at radius 1 is 1.45 bits per heavy atom. The molecule has 0 spiro atoms. The molecule has 3 rings (SSSR count). The van der Waals surface area contributed by atoms with Crippen molar-refractivity contribution in [3.63, 3.8) is 0 Å². The second kappa shape index (κ2) is 5.18. The van der Waals surface area contributed by atoms with Crippen LogP contribution in [0.1, 0.15) is 33.5 Å². The molecule has 7 heteroatoms. The monoisotopic (exact) mass is 300 g/mol. The Hall–Kier alpha value is -2.83. The summed E-state index contributed by atoms with van der Waals surface area (Å²) in [6.45, 7) is 2.27. The smallest absolute Gasteiger partial charge is 0.358 e. The van der Waals surface area contributed by atoms with Gasteiger partial charge in [-0.05, 0) is 25.1 Å². The summed E-state index contributed by atoms with van der Waals surface area (Å²) in [4.78, 5) is 30.2. The van der Waals surface area contributed by atoms with E-state index in [9.17, 15) is 9.59 Å². The van der Waals surface area contributed by atoms with E-state index in [0.29, 0.717) is 22.6 Å². The first-order chi connectivity index (χ1) is 10.5. The summed E-state index contributed by atoms with van der Waals surface area (Å²) in [5.41, 5.74) is 8.28. The standard InChI is InChI=1S/C15H16N4O3/c1-3-22-15(21)13-12-7-18(2)14(20)10-6-9(16)4-5-11(10)19(12)8-17-13/h4-6,8H,3,7,16H2,1-2H3. The fraction of sp³-hybridized carbons (Fsp3) is 0.267. The zero-order chi connectivity index (χ0) is 15.9. The van der Waals surface area contributed by atoms with Crippen LogP contribution in [0.15, 0.2) is 24.5 Å². The lowest BCUT2D eigenvalue weighted by Gasteiger charge is -2.14. The van der Waals surface area contributed by atoms with Crippen LogP contribution in [0, 0.1) is 0 Å². The van der Waals surface area contributed by atoms with Crippen LogP contribution in [-0.4, -0.2) is 40.0 Å². The molecule has 1 amide bonds. The lowest BCUT2D eigenvalue weighted by molar-refractivity contribution is 0.0516. The average molecular weight is 300 g/mol. The number of benzene rings is 1. The third-order valence-electron chi connectivity index (χ3n) is 3.58. The number of imidazole rings is 1. The van der Waals surface area contributed by atoms with E-state index >= 15 is 0 Å². The number of carbonyl (C=O) groups is 2. The second-order valence-corrected chi connectivity index (χ2v) is 5.07. The lowest BCUT2D eigenvalue weighted by atomic mass is 10.1. The number of carbonyl (C=O) groups excluding carboxylic acids is 2. The van der Waals surface area contributed by atoms with Gasteiger partial charge in [-0.25, -0.2) is 9.78 Å². The first-order valence-corrected chi connectivity index (χ1v) is 6.91. The van der Waals surface area contributed by atoms with Gasteiger partial charge in [0.25, 0.3) is 5.91 Å². The predicted octanol–water partition coefficient (Wildman–Crippen LogP) is 1.22. The summed E-state index contributed by atoms with van der Waals surface area (Å²) in [5, 5.41) is 0. The van der Waals surface area contributed by atoms with E-state index in [1.54, 1.807) is 36.7 Å². The molecule has 2 aromatic rings. The SMILES string of the molecule is CCOC(=O)c1ncn2c1CN(C)C(=O)c1cc(N)ccc1-2. The number of hydrogen-bond donors (Lipinski definition) is 1. The Morgan fingerprint density at radius 2 is 2.23 bits per heavy atom. The van der Waals surface area contributed by atoms with E-state index in [0.717, 1.165) is 0 Å². The molecule has 0 saturated heterocycles. The van der Waals surface area contributed by atoms with E-state index in [1.165, 1.54) is 11.2 Å². The molecule has 1 aromatic carbocycles. The van der Waals surface area contributed by atoms with Crippen molar-refractivity contribution in [2.24, 2.45) is 0 Å². The highest BCUT2D eigenvalue weighted by molar-refractivity contribution is 5.99. The minimum Gasteiger partial charge on any atom is -0.461 e. The van der Waals surface area contributed by atoms with Crippen LogP contribution in [0.3, 0.4) is 0 Å². The Morgan fingerprint density at radius 3 is 2.95 bits per heavy atom. The highest BCUT2D eigenvalue weighted by Crippen LogP contribution is 2.27. The maximum atomic E-state index is 12.5. The molecule has 0 unspecified atom stereocenters. The van der Waals surface area contributed by atoms with Crippen molar-refractivity contribution < 1.29 is 14.3 Å². The van der Waals surface area contributed by atoms with Crippen molar-refractivity contribution >= 4 is 17.6 Å². The Labute approximate surface area is 127 Å². The number of amides is 1. The molecule has 0 fully saturated rings. The van der Waals surface area contributed by atoms with Crippen molar-refractivity contribution in [2.45, 2.75) is 13.5 Å². The molecule has 114 valence electrons. The van der Waals surface area contributed by atoms with Gasteiger partial charge in [-0.1, -0.05) is 0 Å². The van der Waals surface area contributed by atoms with Crippen molar-refractivity contribution in [2.75, 3.05) is 19.4 Å². The maximum absolute atomic E-state index is 12.5. The molecule has 1 aromatic heterocycles. The summed E-state index contributed by atoms with van der Waals surface area (Å²) in [6, 6.07) is 5.10. The van der Waals surface area contributed by atoms with Gasteiger partial charge >= 0.3 is 5.97 Å². The molecular formula is C15H16N4O3. The third-order valence-corrected chi connectivity index (χ3v) is 3.58. The van der Waals surface area contributed by atoms with E-state index in [1.807, 2.05) is 0 Å². The normalized spacial score (nSPS) is 13.4. The number of rotatable bonds is 2. The maximum Gasteiger partial charge on any atom is 0.358 e. The van der Waals surface area contributed by atoms with Crippen LogP contribution in [0.4, 0.5) is 5.69 Å². The van der Waals surface area contributed by atoms with E-state index < -0.39 is 5.97 Å². The first kappa shape index (κ1) is 14.1. The number of esters is 1. The molecular weight excluding hydrogens is 284 g/mol. The molecule has 0 atom stereocenters. The molecule has 0 radical (unpaired) electrons. The van der Waals surface area contributed by atoms with Crippen molar-refractivity contribution in [3.8, 4) is 5.69 Å². The number of nitrogens with two attached hydrogens (primary N) is 1. The van der Waals surface area contributed by atoms with Gasteiger partial charge in [0.05, 0.1) is 30.1 Å². The number of nitrogens with zero attached hydrogens (tertiary/aromatic N) is 3. The molecule has 0 saturated carbocycles. The van der Waals surface area contributed by atoms with Crippen LogP contribution >= 0.6 is 0 Å². The van der Waals surface area contributed by atoms with Gasteiger partial charge < -0.3 is 15.4 Å². The molecule has 7 nitrogen and oxygen atoms in total. The molecule has 0 aliphatic carbocycles. The van der Waals surface area contributed by atoms with Crippen LogP contribution in [0.5, 0.6) is 0 Å². The van der Waals surface area contributed by atoms with Crippen LogP contribution < -0.4 is 5.73 Å². The lowest BCUT2D eigenvalue weighted by Crippen LogP contribution is -2.26. The number of anilines is 1. The van der Waals surface area contributed by atoms with Gasteiger partial charge in [0.1, 0.15) is 6.33 Å². The van der Waals surface area contributed by atoms with Crippen molar-refractivity contribution in [3.05, 3.63) is 41.5 Å². The summed E-state index contributed by atoms with van der Waals surface area (Å²) >= 11 is 0. The van der Waals surface area contributed by atoms with Crippen LogP contribution in [0.2, 0.25) is 0 Å². The van der Waals surface area contributed by atoms with Gasteiger partial charge in [-0.3, -0.25) is 9.36 Å². The number of fused-ring (bicyclic) bond motifs is 3. The number of nitrogen functional groups attached to an aromatic ring is 1. The number of aromatic nitrogens is 2. The molecule has 2 N–H and O–H groups in total. The Kier molecular flexibility index (Phi) is 3.32. The topological polar surface area (TPSA) is 90.5 Å². The van der Waals surface area contributed by atoms with Crippen LogP contribution in [0.25, 0.3) is 5.69 Å². The second-order valence-electron chi connectivity index (χ2n) is 5.07. The van der Waals surface area contributed by atoms with E-state index in [2.05, 4.69) is 4.98 Å². The number of ether oxygens (including phenoxy) is 1. The average Bonchev–Trinajstić information content (AvgIpc) is 2.86. The molecule has 22 heavy (non-hydrogen) atoms. The summed E-state index contributed by atoms with van der Waals surface area (Å²) in [6.07, 6.45) is 1.53. The van der Waals surface area contributed by atoms with Gasteiger partial charge in [0.2, 0.25) is 0 Å². The minimum absolute atomic E-state index is 0.152. The minimum atomic E-state index is -0.490. The highest BCUT2D eigenvalue weighted by Gasteiger charge is 2.28.